The summed E-state index contributed by atoms with van der Waals surface area (Å²) < 4.78 is 17.5. The van der Waals surface area contributed by atoms with Crippen LogP contribution in [-0.4, -0.2) is 37.6 Å². The largest absolute Gasteiger partial charge is 0.490 e. The van der Waals surface area contributed by atoms with E-state index >= 15 is 0 Å². The third-order valence-electron chi connectivity index (χ3n) is 4.70. The molecule has 0 fully saturated rings. The molecular weight excluding hydrogens is 342 g/mol. The van der Waals surface area contributed by atoms with Crippen molar-refractivity contribution in [3.05, 3.63) is 59.2 Å². The smallest absolute Gasteiger partial charge is 0.161 e. The molecule has 1 aliphatic heterocycles. The van der Waals surface area contributed by atoms with Crippen LogP contribution in [0.15, 0.2) is 42.5 Å². The molecule has 2 aromatic rings. The summed E-state index contributed by atoms with van der Waals surface area (Å²) in [5.41, 5.74) is 3.47. The van der Waals surface area contributed by atoms with Gasteiger partial charge in [-0.1, -0.05) is 30.3 Å². The maximum absolute atomic E-state index is 9.69. The van der Waals surface area contributed by atoms with Crippen molar-refractivity contribution in [2.24, 2.45) is 0 Å². The molecule has 2 aromatic carbocycles. The highest BCUT2D eigenvalue weighted by molar-refractivity contribution is 5.50. The van der Waals surface area contributed by atoms with Gasteiger partial charge in [0.25, 0.3) is 0 Å². The fraction of sp³-hybridized carbons (Fsp3) is 0.455. The standard InChI is InChI=1S/C22H29NO4/c1-3-26-21-11-17-10-18(13-24)23-20(19(17)12-22(21)27-4-2)15-25-14-16-8-6-5-7-9-16/h5-9,11-12,18,20,23-24H,3-4,10,13-15H2,1-2H3/t18-,20?/m0/s1. The predicted octanol–water partition coefficient (Wildman–Crippen LogP) is 3.25. The number of aliphatic hydroxyl groups is 1. The van der Waals surface area contributed by atoms with Crippen LogP contribution in [0.2, 0.25) is 0 Å². The quantitative estimate of drug-likeness (QED) is 0.709. The second-order valence-corrected chi connectivity index (χ2v) is 6.67. The van der Waals surface area contributed by atoms with E-state index in [0.717, 1.165) is 29.0 Å². The molecule has 0 spiro atoms. The summed E-state index contributed by atoms with van der Waals surface area (Å²) in [5, 5.41) is 13.2. The van der Waals surface area contributed by atoms with Crippen molar-refractivity contribution in [1.82, 2.24) is 5.32 Å². The zero-order valence-electron chi connectivity index (χ0n) is 16.1. The summed E-state index contributed by atoms with van der Waals surface area (Å²) in [5.74, 6) is 1.52. The number of hydrogen-bond acceptors (Lipinski definition) is 5. The highest BCUT2D eigenvalue weighted by Crippen LogP contribution is 2.36. The van der Waals surface area contributed by atoms with Gasteiger partial charge in [-0.2, -0.15) is 0 Å². The number of rotatable bonds is 9. The minimum atomic E-state index is 0.00416. The summed E-state index contributed by atoms with van der Waals surface area (Å²) in [6.07, 6.45) is 0.757. The lowest BCUT2D eigenvalue weighted by molar-refractivity contribution is 0.0871. The molecule has 3 rings (SSSR count). The van der Waals surface area contributed by atoms with Gasteiger partial charge in [-0.3, -0.25) is 0 Å². The lowest BCUT2D eigenvalue weighted by atomic mass is 9.90. The van der Waals surface area contributed by atoms with E-state index in [-0.39, 0.29) is 18.7 Å². The maximum atomic E-state index is 9.69. The van der Waals surface area contributed by atoms with Gasteiger partial charge in [-0.05, 0) is 49.1 Å². The fourth-order valence-electron chi connectivity index (χ4n) is 3.48. The molecule has 0 aliphatic carbocycles. The van der Waals surface area contributed by atoms with E-state index in [9.17, 15) is 5.11 Å². The number of hydrogen-bond donors (Lipinski definition) is 2. The summed E-state index contributed by atoms with van der Waals surface area (Å²) in [7, 11) is 0. The summed E-state index contributed by atoms with van der Waals surface area (Å²) in [6, 6.07) is 14.3. The van der Waals surface area contributed by atoms with Crippen LogP contribution in [0.5, 0.6) is 11.5 Å². The first kappa shape index (κ1) is 19.7. The normalized spacial score (nSPS) is 18.8. The minimum Gasteiger partial charge on any atom is -0.490 e. The summed E-state index contributed by atoms with van der Waals surface area (Å²) in [6.45, 7) is 6.28. The molecule has 27 heavy (non-hydrogen) atoms. The Balaban J connectivity index is 1.79. The number of benzene rings is 2. The second-order valence-electron chi connectivity index (χ2n) is 6.67. The van der Waals surface area contributed by atoms with Crippen LogP contribution in [0.4, 0.5) is 0 Å². The monoisotopic (exact) mass is 371 g/mol. The highest BCUT2D eigenvalue weighted by Gasteiger charge is 2.28. The average molecular weight is 371 g/mol. The Morgan fingerprint density at radius 3 is 2.41 bits per heavy atom. The summed E-state index contributed by atoms with van der Waals surface area (Å²) in [4.78, 5) is 0. The molecule has 2 N–H and O–H groups in total. The average Bonchev–Trinajstić information content (AvgIpc) is 2.69. The fourth-order valence-corrected chi connectivity index (χ4v) is 3.48. The van der Waals surface area contributed by atoms with Crippen molar-refractivity contribution >= 4 is 0 Å². The molecule has 0 amide bonds. The van der Waals surface area contributed by atoms with Gasteiger partial charge in [0.15, 0.2) is 11.5 Å². The molecule has 1 heterocycles. The molecule has 5 heteroatoms. The molecule has 0 saturated carbocycles. The van der Waals surface area contributed by atoms with Crippen molar-refractivity contribution in [1.29, 1.82) is 0 Å². The van der Waals surface area contributed by atoms with Gasteiger partial charge in [0.05, 0.1) is 39.1 Å². The molecule has 5 nitrogen and oxygen atoms in total. The van der Waals surface area contributed by atoms with Crippen LogP contribution < -0.4 is 14.8 Å². The SMILES string of the molecule is CCOc1cc2c(cc1OCC)C(COCc1ccccc1)N[C@H](CO)C2. The van der Waals surface area contributed by atoms with E-state index in [4.69, 9.17) is 14.2 Å². The molecule has 0 bridgehead atoms. The van der Waals surface area contributed by atoms with E-state index in [1.807, 2.05) is 32.0 Å². The molecule has 1 unspecified atom stereocenters. The Hall–Kier alpha value is -2.08. The van der Waals surface area contributed by atoms with Gasteiger partial charge in [0, 0.05) is 6.04 Å². The van der Waals surface area contributed by atoms with Crippen molar-refractivity contribution in [2.75, 3.05) is 26.4 Å². The third kappa shape index (κ3) is 5.01. The number of fused-ring (bicyclic) bond motifs is 1. The molecule has 2 atom stereocenters. The van der Waals surface area contributed by atoms with Gasteiger partial charge < -0.3 is 24.6 Å². The minimum absolute atomic E-state index is 0.00416. The van der Waals surface area contributed by atoms with E-state index in [1.165, 1.54) is 5.56 Å². The predicted molar refractivity (Wildman–Crippen MR) is 105 cm³/mol. The molecule has 0 radical (unpaired) electrons. The van der Waals surface area contributed by atoms with E-state index in [0.29, 0.717) is 26.4 Å². The lowest BCUT2D eigenvalue weighted by Crippen LogP contribution is -2.43. The Kier molecular flexibility index (Phi) is 7.10. The van der Waals surface area contributed by atoms with Gasteiger partial charge in [0.1, 0.15) is 0 Å². The maximum Gasteiger partial charge on any atom is 0.161 e. The number of nitrogens with one attached hydrogen (secondary N) is 1. The van der Waals surface area contributed by atoms with E-state index < -0.39 is 0 Å². The first-order valence-corrected chi connectivity index (χ1v) is 9.66. The van der Waals surface area contributed by atoms with E-state index in [1.54, 1.807) is 0 Å². The Bertz CT molecular complexity index is 720. The molecule has 0 aromatic heterocycles. The van der Waals surface area contributed by atoms with Crippen molar-refractivity contribution in [3.63, 3.8) is 0 Å². The van der Waals surface area contributed by atoms with Crippen LogP contribution in [0.3, 0.4) is 0 Å². The molecular formula is C22H29NO4. The first-order valence-electron chi connectivity index (χ1n) is 9.66. The van der Waals surface area contributed by atoms with Crippen LogP contribution in [-0.2, 0) is 17.8 Å². The van der Waals surface area contributed by atoms with Crippen LogP contribution in [0.25, 0.3) is 0 Å². The van der Waals surface area contributed by atoms with Gasteiger partial charge >= 0.3 is 0 Å². The topological polar surface area (TPSA) is 60.0 Å². The van der Waals surface area contributed by atoms with E-state index in [2.05, 4.69) is 29.6 Å². The second kappa shape index (κ2) is 9.74. The summed E-state index contributed by atoms with van der Waals surface area (Å²) >= 11 is 0. The first-order chi connectivity index (χ1) is 13.2. The molecule has 146 valence electrons. The lowest BCUT2D eigenvalue weighted by Gasteiger charge is -2.33. The van der Waals surface area contributed by atoms with Gasteiger partial charge in [-0.25, -0.2) is 0 Å². The van der Waals surface area contributed by atoms with Crippen LogP contribution in [0, 0.1) is 0 Å². The zero-order chi connectivity index (χ0) is 19.1. The number of ether oxygens (including phenoxy) is 3. The third-order valence-corrected chi connectivity index (χ3v) is 4.70. The molecule has 0 saturated heterocycles. The Morgan fingerprint density at radius 1 is 1.04 bits per heavy atom. The Morgan fingerprint density at radius 2 is 1.74 bits per heavy atom. The van der Waals surface area contributed by atoms with Crippen LogP contribution >= 0.6 is 0 Å². The van der Waals surface area contributed by atoms with Crippen LogP contribution in [0.1, 0.15) is 36.6 Å². The van der Waals surface area contributed by atoms with Crippen molar-refractivity contribution in [3.8, 4) is 11.5 Å². The number of aliphatic hydroxyl groups excluding tert-OH is 1. The van der Waals surface area contributed by atoms with Gasteiger partial charge in [0.2, 0.25) is 0 Å². The Labute approximate surface area is 161 Å². The highest BCUT2D eigenvalue weighted by atomic mass is 16.5. The molecule has 1 aliphatic rings. The van der Waals surface area contributed by atoms with Crippen molar-refractivity contribution < 1.29 is 19.3 Å². The zero-order valence-corrected chi connectivity index (χ0v) is 16.1. The van der Waals surface area contributed by atoms with Crippen molar-refractivity contribution in [2.45, 2.75) is 39.0 Å². The van der Waals surface area contributed by atoms with Gasteiger partial charge in [-0.15, -0.1) is 0 Å².